The molecule has 0 spiro atoms. The fourth-order valence-corrected chi connectivity index (χ4v) is 7.60. The van der Waals surface area contributed by atoms with Gasteiger partial charge in [0.05, 0.1) is 18.6 Å². The van der Waals surface area contributed by atoms with Gasteiger partial charge in [0, 0.05) is 41.8 Å². The number of hydrogen-bond acceptors (Lipinski definition) is 5. The summed E-state index contributed by atoms with van der Waals surface area (Å²) in [7, 11) is 0. The molecule has 4 aromatic heterocycles. The van der Waals surface area contributed by atoms with E-state index in [1.54, 1.807) is 66.7 Å². The third-order valence-electron chi connectivity index (χ3n) is 10.7. The van der Waals surface area contributed by atoms with Crippen LogP contribution in [0.3, 0.4) is 0 Å². The van der Waals surface area contributed by atoms with Gasteiger partial charge in [-0.3, -0.25) is 0 Å². The average molecular weight is 1010 g/mol. The number of benzene rings is 5. The van der Waals surface area contributed by atoms with Gasteiger partial charge in [-0.05, 0) is 125 Å². The molecule has 5 aromatic carbocycles. The summed E-state index contributed by atoms with van der Waals surface area (Å²) in [6.07, 6.45) is -12.1. The summed E-state index contributed by atoms with van der Waals surface area (Å²) in [6.45, 7) is 0. The first-order chi connectivity index (χ1) is 35.9. The average Bonchev–Trinajstić information content (AvgIpc) is 4.12. The van der Waals surface area contributed by atoms with Gasteiger partial charge in [0.15, 0.2) is 0 Å². The molecule has 1 saturated carbocycles. The number of pyridine rings is 3. The maximum atomic E-state index is 10.2. The van der Waals surface area contributed by atoms with E-state index in [1.807, 2.05) is 0 Å². The number of nitrogens with zero attached hydrogens (tertiary/aromatic N) is 4. The fourth-order valence-electron chi connectivity index (χ4n) is 7.60. The Balaban J connectivity index is 0.00000722. The predicted molar refractivity (Wildman–Crippen MR) is 247 cm³/mol. The van der Waals surface area contributed by atoms with Crippen molar-refractivity contribution in [3.63, 3.8) is 0 Å². The first-order valence-electron chi connectivity index (χ1n) is 27.3. The van der Waals surface area contributed by atoms with Crippen molar-refractivity contribution in [1.82, 2.24) is 15.0 Å². The van der Waals surface area contributed by atoms with Crippen molar-refractivity contribution in [2.75, 3.05) is 0 Å². The quantitative estimate of drug-likeness (QED) is 0.108. The summed E-state index contributed by atoms with van der Waals surface area (Å²) in [5, 5.41) is 11.3. The van der Waals surface area contributed by atoms with Crippen molar-refractivity contribution in [2.45, 2.75) is 69.8 Å². The molecule has 6 heteroatoms. The van der Waals surface area contributed by atoms with Gasteiger partial charge in [-0.15, -0.1) is 90.0 Å². The van der Waals surface area contributed by atoms with E-state index in [4.69, 9.17) is 5.79 Å². The van der Waals surface area contributed by atoms with E-state index in [-0.39, 0.29) is 65.3 Å². The second-order valence-electron chi connectivity index (χ2n) is 14.8. The first-order valence-corrected chi connectivity index (χ1v) is 20.3. The second-order valence-corrected chi connectivity index (χ2v) is 14.8. The fraction of sp³-hybridized carbons (Fsp3) is 0.193. The maximum Gasteiger partial charge on any atom is 3.00 e. The first kappa shape index (κ1) is 28.2. The zero-order valence-corrected chi connectivity index (χ0v) is 36.0. The van der Waals surface area contributed by atoms with Crippen LogP contribution in [-0.4, -0.2) is 15.0 Å². The van der Waals surface area contributed by atoms with Gasteiger partial charge in [0.2, 0.25) is 0 Å². The molecule has 308 valence electrons. The van der Waals surface area contributed by atoms with Gasteiger partial charge < -0.3 is 19.4 Å². The number of aryl methyl sites for hydroxylation is 6. The van der Waals surface area contributed by atoms with Crippen LogP contribution in [0.5, 0.6) is 0 Å². The zero-order chi connectivity index (χ0) is 54.2. The summed E-state index contributed by atoms with van der Waals surface area (Å²) in [5.74, 6) is -1.02. The normalized spacial score (nSPS) is 17.8. The van der Waals surface area contributed by atoms with E-state index < -0.39 is 60.8 Å². The van der Waals surface area contributed by atoms with E-state index in [2.05, 4.69) is 39.2 Å². The topological polar surface area (TPSA) is 75.6 Å². The molecule has 0 bridgehead atoms. The van der Waals surface area contributed by atoms with Crippen molar-refractivity contribution in [1.29, 1.82) is 5.26 Å². The standard InChI is InChI=1S/C57H45N4O.Ir/c58-35-48-33-56-52(34-51(48)45-10-7-8-11-45)49-16-9-17-50(57(49)62-56)55-29-26-41(38-61-55)20-23-44-31-42(21-18-39-24-27-53(59-36-39)46-12-3-1-4-13-46)30-43(32-44)22-19-40-25-28-54(60-37-40)47-14-5-2-6-15-47;/h1-6,9,12,14,16,24-34,36-38,45H,7-8,10-11,18-23H2;/q-3;+3/i18D2,19D2,20D2,21D2,22D2,23D2,33D,45D;. The molecular weight excluding hydrogens is 949 g/mol. The molecule has 10 rings (SSSR count). The molecule has 5 nitrogen and oxygen atoms in total. The number of nitriles is 1. The van der Waals surface area contributed by atoms with Gasteiger partial charge in [-0.2, -0.15) is 5.26 Å². The number of furan rings is 1. The molecule has 1 aliphatic rings. The van der Waals surface area contributed by atoms with Crippen molar-refractivity contribution >= 4 is 21.9 Å². The Morgan fingerprint density at radius 3 is 1.62 bits per heavy atom. The number of rotatable bonds is 13. The SMILES string of the molecule is [2H]c1c(C#N)c(C2([2H])CCCC2)cc2c1oc1c(-c3ccc(C([2H])([2H])C([2H])([2H])c4cc(C([2H])([2H])C([2H])([2H])c5ccc(-c6[c-]cccc6)nc5)cc(C([2H])([2H])C([2H])([2H])c5ccc(-c6[c-]cccc6)nc5)c4)cn3)[c-]ccc12.[Ir+3]. The van der Waals surface area contributed by atoms with Crippen LogP contribution < -0.4 is 0 Å². The Kier molecular flexibility index (Phi) is 8.63. The molecule has 9 aromatic rings. The zero-order valence-electron chi connectivity index (χ0n) is 47.6. The van der Waals surface area contributed by atoms with E-state index in [0.29, 0.717) is 57.3 Å². The summed E-state index contributed by atoms with van der Waals surface area (Å²) in [4.78, 5) is 13.3. The minimum atomic E-state index is -3.17. The van der Waals surface area contributed by atoms with Crippen molar-refractivity contribution in [3.8, 4) is 39.8 Å². The number of fused-ring (bicyclic) bond motifs is 3. The summed E-state index contributed by atoms with van der Waals surface area (Å²) in [6, 6.07) is 41.5. The Morgan fingerprint density at radius 2 is 1.14 bits per heavy atom. The molecule has 0 saturated heterocycles. The second kappa shape index (κ2) is 19.3. The van der Waals surface area contributed by atoms with Crippen LogP contribution in [0.25, 0.3) is 55.7 Å². The number of hydrogen-bond donors (Lipinski definition) is 0. The van der Waals surface area contributed by atoms with Gasteiger partial charge in [-0.1, -0.05) is 78.4 Å². The van der Waals surface area contributed by atoms with Gasteiger partial charge >= 0.3 is 20.1 Å². The molecule has 0 unspecified atom stereocenters. The molecule has 0 radical (unpaired) electrons. The van der Waals surface area contributed by atoms with Gasteiger partial charge in [0.25, 0.3) is 0 Å². The van der Waals surface area contributed by atoms with Crippen molar-refractivity contribution < 1.29 is 43.7 Å². The smallest absolute Gasteiger partial charge is 0.501 e. The van der Waals surface area contributed by atoms with E-state index >= 15 is 0 Å². The minimum Gasteiger partial charge on any atom is -0.501 e. The van der Waals surface area contributed by atoms with Crippen molar-refractivity contribution in [2.24, 2.45) is 0 Å². The van der Waals surface area contributed by atoms with Crippen LogP contribution in [0, 0.1) is 29.5 Å². The van der Waals surface area contributed by atoms with Crippen LogP contribution >= 0.6 is 0 Å². The predicted octanol–water partition coefficient (Wildman–Crippen LogP) is 13.1. The number of aromatic nitrogens is 3. The largest absolute Gasteiger partial charge is 3.00 e. The maximum absolute atomic E-state index is 10.2. The Bertz CT molecular complexity index is 3570. The molecule has 0 N–H and O–H groups in total. The third-order valence-corrected chi connectivity index (χ3v) is 10.7. The Labute approximate surface area is 403 Å². The third kappa shape index (κ3) is 9.47. The van der Waals surface area contributed by atoms with Gasteiger partial charge in [-0.25, -0.2) is 0 Å². The minimum absolute atomic E-state index is 0. The van der Waals surface area contributed by atoms with Gasteiger partial charge in [0.1, 0.15) is 5.58 Å². The van der Waals surface area contributed by atoms with E-state index in [1.165, 1.54) is 48.8 Å². The molecule has 0 atom stereocenters. The van der Waals surface area contributed by atoms with E-state index in [9.17, 15) is 23.1 Å². The molecule has 0 amide bonds. The molecule has 1 aliphatic carbocycles. The molecular formula is C57H45IrN4O. The monoisotopic (exact) mass is 1010 g/mol. The van der Waals surface area contributed by atoms with Crippen LogP contribution in [-0.2, 0) is 58.3 Å². The Hall–Kier alpha value is -6.51. The molecule has 0 aliphatic heterocycles. The molecule has 1 fully saturated rings. The van der Waals surface area contributed by atoms with Crippen LogP contribution in [0.4, 0.5) is 0 Å². The van der Waals surface area contributed by atoms with E-state index in [0.717, 1.165) is 37.2 Å². The molecule has 63 heavy (non-hydrogen) atoms. The summed E-state index contributed by atoms with van der Waals surface area (Å²) in [5.41, 5.74) is 1.03. The summed E-state index contributed by atoms with van der Waals surface area (Å²) >= 11 is 0. The van der Waals surface area contributed by atoms with Crippen LogP contribution in [0.1, 0.15) is 95.3 Å². The van der Waals surface area contributed by atoms with Crippen LogP contribution in [0.15, 0.2) is 150 Å². The Morgan fingerprint density at radius 1 is 0.619 bits per heavy atom. The molecule has 4 heterocycles. The summed E-state index contributed by atoms with van der Waals surface area (Å²) < 4.78 is 137. The van der Waals surface area contributed by atoms with Crippen molar-refractivity contribution in [3.05, 3.63) is 209 Å². The van der Waals surface area contributed by atoms with Crippen LogP contribution in [0.2, 0.25) is 0 Å².